The van der Waals surface area contributed by atoms with E-state index in [4.69, 9.17) is 4.99 Å². The van der Waals surface area contributed by atoms with Gasteiger partial charge in [0.25, 0.3) is 0 Å². The van der Waals surface area contributed by atoms with Gasteiger partial charge in [-0.3, -0.25) is 9.89 Å². The molecule has 1 aliphatic heterocycles. The number of hydrogen-bond acceptors (Lipinski definition) is 2. The van der Waals surface area contributed by atoms with E-state index >= 15 is 0 Å². The highest BCUT2D eigenvalue weighted by atomic mass is 15.2. The van der Waals surface area contributed by atoms with E-state index in [1.54, 1.807) is 0 Å². The van der Waals surface area contributed by atoms with Crippen LogP contribution in [-0.2, 0) is 0 Å². The van der Waals surface area contributed by atoms with Crippen LogP contribution < -0.4 is 0 Å². The Morgan fingerprint density at radius 1 is 0.952 bits per heavy atom. The molecule has 1 aliphatic carbocycles. The number of aliphatic imine (C=N–C) groups is 1. The fraction of sp³-hybridized carbons (Fsp3) is 0.421. The predicted molar refractivity (Wildman–Crippen MR) is 90.3 cm³/mol. The smallest absolute Gasteiger partial charge is 0.0786 e. The largest absolute Gasteiger partial charge is 0.289 e. The molecule has 1 fully saturated rings. The first-order valence-corrected chi connectivity index (χ1v) is 8.09. The van der Waals surface area contributed by atoms with E-state index in [0.717, 1.165) is 12.1 Å². The minimum atomic E-state index is -0.0328. The van der Waals surface area contributed by atoms with Crippen molar-refractivity contribution in [3.05, 3.63) is 54.6 Å². The van der Waals surface area contributed by atoms with Crippen LogP contribution in [0.25, 0.3) is 0 Å². The van der Waals surface area contributed by atoms with Crippen molar-refractivity contribution in [3.63, 3.8) is 0 Å². The van der Waals surface area contributed by atoms with Crippen molar-refractivity contribution in [2.75, 3.05) is 13.1 Å². The Hall–Kier alpha value is -1.67. The van der Waals surface area contributed by atoms with Gasteiger partial charge in [0.05, 0.1) is 11.2 Å². The summed E-state index contributed by atoms with van der Waals surface area (Å²) in [6.07, 6.45) is 17.4. The van der Waals surface area contributed by atoms with Crippen molar-refractivity contribution in [3.8, 4) is 0 Å². The molecule has 1 heterocycles. The highest BCUT2D eigenvalue weighted by molar-refractivity contribution is 5.77. The lowest BCUT2D eigenvalue weighted by molar-refractivity contribution is 0.197. The number of hydrogen-bond donors (Lipinski definition) is 0. The van der Waals surface area contributed by atoms with Crippen molar-refractivity contribution in [2.45, 2.75) is 37.6 Å². The molecule has 3 rings (SSSR count). The number of benzene rings is 1. The summed E-state index contributed by atoms with van der Waals surface area (Å²) in [5.41, 5.74) is 1.00. The van der Waals surface area contributed by atoms with Crippen molar-refractivity contribution in [1.29, 1.82) is 0 Å². The number of rotatable bonds is 3. The monoisotopic (exact) mass is 280 g/mol. The molecule has 2 nitrogen and oxygen atoms in total. The maximum Gasteiger partial charge on any atom is 0.0786 e. The molecule has 1 unspecified atom stereocenters. The van der Waals surface area contributed by atoms with Gasteiger partial charge in [0, 0.05) is 6.21 Å². The zero-order valence-electron chi connectivity index (χ0n) is 12.6. The lowest BCUT2D eigenvalue weighted by Gasteiger charge is -2.39. The van der Waals surface area contributed by atoms with Crippen LogP contribution in [0.2, 0.25) is 0 Å². The zero-order valence-corrected chi connectivity index (χ0v) is 12.6. The summed E-state index contributed by atoms with van der Waals surface area (Å²) in [5, 5.41) is 0. The SMILES string of the molecule is C1=CCC(C=Nc2ccccc2)(N2CCCCCC2)C=C1. The van der Waals surface area contributed by atoms with Crippen LogP contribution in [-0.4, -0.2) is 29.7 Å². The van der Waals surface area contributed by atoms with Gasteiger partial charge in [0.15, 0.2) is 0 Å². The second-order valence-electron chi connectivity index (χ2n) is 5.98. The van der Waals surface area contributed by atoms with Crippen molar-refractivity contribution in [1.82, 2.24) is 4.90 Å². The molecule has 1 aromatic rings. The second-order valence-corrected chi connectivity index (χ2v) is 5.98. The highest BCUT2D eigenvalue weighted by Gasteiger charge is 2.32. The van der Waals surface area contributed by atoms with Crippen LogP contribution in [0.1, 0.15) is 32.1 Å². The van der Waals surface area contributed by atoms with E-state index in [1.165, 1.54) is 38.8 Å². The molecule has 1 aromatic carbocycles. The molecule has 1 atom stereocenters. The summed E-state index contributed by atoms with van der Waals surface area (Å²) in [6.45, 7) is 2.36. The Morgan fingerprint density at radius 2 is 1.71 bits per heavy atom. The maximum atomic E-state index is 4.76. The van der Waals surface area contributed by atoms with E-state index in [0.29, 0.717) is 0 Å². The van der Waals surface area contributed by atoms with Crippen molar-refractivity contribution in [2.24, 2.45) is 4.99 Å². The average Bonchev–Trinajstić information content (AvgIpc) is 2.85. The Bertz CT molecular complexity index is 522. The van der Waals surface area contributed by atoms with Gasteiger partial charge in [-0.05, 0) is 44.5 Å². The van der Waals surface area contributed by atoms with E-state index in [9.17, 15) is 0 Å². The highest BCUT2D eigenvalue weighted by Crippen LogP contribution is 2.28. The van der Waals surface area contributed by atoms with Gasteiger partial charge in [-0.2, -0.15) is 0 Å². The van der Waals surface area contributed by atoms with E-state index in [2.05, 4.69) is 47.6 Å². The topological polar surface area (TPSA) is 15.6 Å². The molecule has 0 spiro atoms. The lowest BCUT2D eigenvalue weighted by Crippen LogP contribution is -2.49. The van der Waals surface area contributed by atoms with Crippen LogP contribution in [0.3, 0.4) is 0 Å². The number of likely N-dealkylation sites (tertiary alicyclic amines) is 1. The van der Waals surface area contributed by atoms with Gasteiger partial charge in [-0.25, -0.2) is 0 Å². The van der Waals surface area contributed by atoms with E-state index < -0.39 is 0 Å². The Morgan fingerprint density at radius 3 is 2.38 bits per heavy atom. The first kappa shape index (κ1) is 14.3. The van der Waals surface area contributed by atoms with Gasteiger partial charge in [-0.15, -0.1) is 0 Å². The molecule has 0 aromatic heterocycles. The molecule has 21 heavy (non-hydrogen) atoms. The molecule has 2 heteroatoms. The van der Waals surface area contributed by atoms with Gasteiger partial charge in [-0.1, -0.05) is 55.3 Å². The van der Waals surface area contributed by atoms with Crippen LogP contribution in [0.5, 0.6) is 0 Å². The molecule has 0 bridgehead atoms. The molecular formula is C19H24N2. The maximum absolute atomic E-state index is 4.76. The third-order valence-corrected chi connectivity index (χ3v) is 4.47. The predicted octanol–water partition coefficient (Wildman–Crippen LogP) is 4.52. The third kappa shape index (κ3) is 3.51. The van der Waals surface area contributed by atoms with Crippen molar-refractivity contribution >= 4 is 11.9 Å². The van der Waals surface area contributed by atoms with Gasteiger partial charge in [0.1, 0.15) is 0 Å². The molecule has 0 N–H and O–H groups in total. The molecule has 0 amide bonds. The average molecular weight is 280 g/mol. The Balaban J connectivity index is 1.84. The Labute approximate surface area is 127 Å². The fourth-order valence-electron chi connectivity index (χ4n) is 3.22. The number of nitrogens with zero attached hydrogens (tertiary/aromatic N) is 2. The normalized spacial score (nSPS) is 27.0. The third-order valence-electron chi connectivity index (χ3n) is 4.47. The quantitative estimate of drug-likeness (QED) is 0.743. The van der Waals surface area contributed by atoms with Gasteiger partial charge >= 0.3 is 0 Å². The molecule has 110 valence electrons. The minimum absolute atomic E-state index is 0.0328. The number of allylic oxidation sites excluding steroid dienone is 2. The fourth-order valence-corrected chi connectivity index (χ4v) is 3.22. The van der Waals surface area contributed by atoms with Crippen LogP contribution in [0, 0.1) is 0 Å². The first-order chi connectivity index (χ1) is 10.4. The van der Waals surface area contributed by atoms with E-state index in [1.807, 2.05) is 18.2 Å². The van der Waals surface area contributed by atoms with Crippen LogP contribution in [0.15, 0.2) is 59.6 Å². The van der Waals surface area contributed by atoms with Gasteiger partial charge in [0.2, 0.25) is 0 Å². The summed E-state index contributed by atoms with van der Waals surface area (Å²) >= 11 is 0. The summed E-state index contributed by atoms with van der Waals surface area (Å²) in [7, 11) is 0. The summed E-state index contributed by atoms with van der Waals surface area (Å²) in [6, 6.07) is 10.3. The lowest BCUT2D eigenvalue weighted by atomic mass is 9.90. The Kier molecular flexibility index (Phi) is 4.66. The first-order valence-electron chi connectivity index (χ1n) is 8.09. The summed E-state index contributed by atoms with van der Waals surface area (Å²) in [5.74, 6) is 0. The summed E-state index contributed by atoms with van der Waals surface area (Å²) < 4.78 is 0. The molecule has 0 saturated carbocycles. The van der Waals surface area contributed by atoms with Crippen molar-refractivity contribution < 1.29 is 0 Å². The second kappa shape index (κ2) is 6.86. The summed E-state index contributed by atoms with van der Waals surface area (Å²) in [4.78, 5) is 7.37. The standard InChI is InChI=1S/C19H24N2/c1-2-10-16-21(15-9-1)19(13-7-4-8-14-19)17-20-18-11-5-3-6-12-18/h3-8,11-13,17H,1-2,9-10,14-16H2. The molecule has 1 saturated heterocycles. The van der Waals surface area contributed by atoms with Crippen LogP contribution >= 0.6 is 0 Å². The molecular weight excluding hydrogens is 256 g/mol. The van der Waals surface area contributed by atoms with E-state index in [-0.39, 0.29) is 5.54 Å². The minimum Gasteiger partial charge on any atom is -0.289 e. The van der Waals surface area contributed by atoms with Crippen LogP contribution in [0.4, 0.5) is 5.69 Å². The molecule has 0 radical (unpaired) electrons. The molecule has 2 aliphatic rings. The van der Waals surface area contributed by atoms with Gasteiger partial charge < -0.3 is 0 Å². The zero-order chi connectivity index (χ0) is 14.4. The number of para-hydroxylation sites is 1.